The van der Waals surface area contributed by atoms with Crippen molar-refractivity contribution >= 4 is 33.8 Å². The molecule has 68 heavy (non-hydrogen) atoms. The Kier molecular flexibility index (Phi) is 19.3. The van der Waals surface area contributed by atoms with E-state index in [1.165, 1.54) is 68.2 Å². The van der Waals surface area contributed by atoms with Crippen LogP contribution in [0.1, 0.15) is 125 Å². The maximum atomic E-state index is 12.4. The Morgan fingerprint density at radius 3 is 2.10 bits per heavy atom. The summed E-state index contributed by atoms with van der Waals surface area (Å²) in [5, 5.41) is 64.9. The van der Waals surface area contributed by atoms with Gasteiger partial charge in [0, 0.05) is 41.0 Å². The van der Waals surface area contributed by atoms with Gasteiger partial charge in [-0.15, -0.1) is 0 Å². The average Bonchev–Trinajstić information content (AvgIpc) is 3.50. The number of benzene rings is 3. The largest absolute Gasteiger partial charge is 0.508 e. The zero-order chi connectivity index (χ0) is 49.0. The second kappa shape index (κ2) is 24.6. The highest BCUT2D eigenvalue weighted by Crippen LogP contribution is 2.58. The van der Waals surface area contributed by atoms with Crippen LogP contribution in [-0.4, -0.2) is 139 Å². The number of phenolic OH excluding ortho intramolecular Hbond substituents is 1. The molecule has 3 aliphatic carbocycles. The Morgan fingerprint density at radius 1 is 0.853 bits per heavy atom. The number of unbranched alkanes of at least 4 members (excludes halogenated alkanes) is 1. The number of nitrogens with zero attached hydrogens (tertiary/aromatic N) is 2. The highest BCUT2D eigenvalue weighted by molar-refractivity contribution is 9.08. The first-order valence-electron chi connectivity index (χ1n) is 24.6. The van der Waals surface area contributed by atoms with Gasteiger partial charge in [-0.05, 0) is 125 Å². The van der Waals surface area contributed by atoms with Crippen LogP contribution in [0.15, 0.2) is 72.8 Å². The summed E-state index contributed by atoms with van der Waals surface area (Å²) in [6.07, 6.45) is 12.5. The van der Waals surface area contributed by atoms with Gasteiger partial charge in [0.25, 0.3) is 0 Å². The third-order valence-electron chi connectivity index (χ3n) is 15.5. The van der Waals surface area contributed by atoms with Gasteiger partial charge >= 0.3 is 17.9 Å². The first-order chi connectivity index (χ1) is 32.7. The molecule has 0 amide bonds. The summed E-state index contributed by atoms with van der Waals surface area (Å²) in [6.45, 7) is 5.07. The molecule has 3 saturated heterocycles. The van der Waals surface area contributed by atoms with Crippen LogP contribution in [0.5, 0.6) is 11.5 Å². The van der Waals surface area contributed by atoms with Crippen molar-refractivity contribution in [1.29, 1.82) is 0 Å². The second-order valence-electron chi connectivity index (χ2n) is 19.6. The lowest BCUT2D eigenvalue weighted by atomic mass is 9.49. The van der Waals surface area contributed by atoms with Crippen LogP contribution < -0.4 is 4.74 Å². The molecule has 3 aromatic rings. The molecule has 3 heterocycles. The standard InChI is InChI=1S/C21H29NO2.C17H23NO3.C11H15BrO.C4H6O6/c23-17-7-6-16-12-19-21(24)9-2-1-8-20(21,18(16)13-17)10-11-22(19)14-15-4-3-5-15;1-18-13-7-8-14(18)10-15(9-13)21-17(20)16(11-19)12-5-3-2-4-6-12;1-2-3-8-13-11-7-5-4-6-10(11)9-12;5-1(3(7)8)2(6)4(9)10/h6-7,13,15,19,23-24H,1-5,8-12,14H2;2-6,13-16,19H,7-11H2,1H3;4-7H,2-3,8-9H2,1H3;1-2,5-6H,(H,7,8)(H,9,10)/t19-,20+,21-;13-,14+,15+,16-;;/m11../s1. The number of para-hydroxylation sites is 1. The molecule has 2 saturated carbocycles. The van der Waals surface area contributed by atoms with Crippen molar-refractivity contribution in [3.8, 4) is 11.5 Å². The van der Waals surface area contributed by atoms with Gasteiger partial charge in [-0.1, -0.05) is 103 Å². The number of halogens is 1. The van der Waals surface area contributed by atoms with Gasteiger partial charge in [0.15, 0.2) is 12.2 Å². The number of likely N-dealkylation sites (tertiary alicyclic amines) is 1. The van der Waals surface area contributed by atoms with Crippen molar-refractivity contribution in [1.82, 2.24) is 9.80 Å². The predicted octanol–water partition coefficient (Wildman–Crippen LogP) is 6.93. The number of carbonyl (C=O) groups is 3. The first-order valence-corrected chi connectivity index (χ1v) is 25.7. The third-order valence-corrected chi connectivity index (χ3v) is 16.1. The molecular weight excluding hydrogens is 936 g/mol. The molecule has 15 heteroatoms. The molecule has 0 aromatic heterocycles. The number of aliphatic carboxylic acids is 2. The van der Waals surface area contributed by atoms with E-state index >= 15 is 0 Å². The molecule has 6 aliphatic rings. The molecule has 2 unspecified atom stereocenters. The number of aromatic hydroxyl groups is 1. The van der Waals surface area contributed by atoms with Gasteiger partial charge in [-0.3, -0.25) is 9.69 Å². The number of aliphatic hydroxyl groups excluding tert-OH is 3. The summed E-state index contributed by atoms with van der Waals surface area (Å²) in [5.41, 5.74) is 3.93. The molecule has 14 nitrogen and oxygen atoms in total. The van der Waals surface area contributed by atoms with Crippen LogP contribution in [0.25, 0.3) is 0 Å². The third kappa shape index (κ3) is 12.4. The van der Waals surface area contributed by atoms with Gasteiger partial charge in [0.05, 0.1) is 18.8 Å². The number of carbonyl (C=O) groups excluding carboxylic acids is 1. The first kappa shape index (κ1) is 53.3. The number of esters is 1. The van der Waals surface area contributed by atoms with Crippen molar-refractivity contribution in [2.45, 2.75) is 162 Å². The zero-order valence-electron chi connectivity index (χ0n) is 39.6. The molecule has 3 aromatic carbocycles. The van der Waals surface area contributed by atoms with Crippen LogP contribution >= 0.6 is 15.9 Å². The van der Waals surface area contributed by atoms with Crippen molar-refractivity contribution in [2.24, 2.45) is 5.92 Å². The summed E-state index contributed by atoms with van der Waals surface area (Å²) in [5.74, 6) is -2.18. The van der Waals surface area contributed by atoms with Crippen molar-refractivity contribution < 1.29 is 59.6 Å². The number of ether oxygens (including phenoxy) is 2. The van der Waals surface area contributed by atoms with E-state index in [9.17, 15) is 29.7 Å². The van der Waals surface area contributed by atoms with E-state index in [0.717, 1.165) is 87.1 Å². The molecule has 3 aliphatic heterocycles. The van der Waals surface area contributed by atoms with Gasteiger partial charge in [-0.25, -0.2) is 9.59 Å². The number of rotatable bonds is 14. The van der Waals surface area contributed by atoms with E-state index in [4.69, 9.17) is 29.9 Å². The van der Waals surface area contributed by atoms with Crippen LogP contribution in [0, 0.1) is 5.92 Å². The number of hydrogen-bond acceptors (Lipinski definition) is 12. The van der Waals surface area contributed by atoms with E-state index in [-0.39, 0.29) is 30.1 Å². The minimum atomic E-state index is -2.27. The topological polar surface area (TPSA) is 218 Å². The van der Waals surface area contributed by atoms with E-state index in [2.05, 4.69) is 51.8 Å². The Labute approximate surface area is 409 Å². The lowest BCUT2D eigenvalue weighted by molar-refractivity contribution is -0.169. The Hall–Kier alpha value is -4.09. The summed E-state index contributed by atoms with van der Waals surface area (Å²) in [7, 11) is 2.17. The Morgan fingerprint density at radius 2 is 1.50 bits per heavy atom. The van der Waals surface area contributed by atoms with Crippen LogP contribution in [0.4, 0.5) is 0 Å². The highest BCUT2D eigenvalue weighted by atomic mass is 79.9. The average molecular weight is 1010 g/mol. The summed E-state index contributed by atoms with van der Waals surface area (Å²) < 4.78 is 11.3. The quantitative estimate of drug-likeness (QED) is 0.0495. The van der Waals surface area contributed by atoms with E-state index in [1.807, 2.05) is 60.7 Å². The van der Waals surface area contributed by atoms with Crippen molar-refractivity contribution in [3.63, 3.8) is 0 Å². The fourth-order valence-corrected chi connectivity index (χ4v) is 11.8. The Bertz CT molecular complexity index is 2080. The SMILES string of the molecule is CCCCOc1ccccc1CBr.CN1[C@@H]2CC[C@H]1C[C@@H](OC(=O)[C@H](CO)c1ccccc1)C2.O=C(O)C(O)C(O)C(=O)O.Oc1ccc2c(c1)[C@@]13CCCC[C@@]1(O)[C@@H](C2)N(CC1CCC1)CC3. The summed E-state index contributed by atoms with van der Waals surface area (Å²) in [4.78, 5) is 37.0. The second-order valence-corrected chi connectivity index (χ2v) is 20.1. The number of alkyl halides is 1. The van der Waals surface area contributed by atoms with E-state index < -0.39 is 35.7 Å². The van der Waals surface area contributed by atoms with Crippen LogP contribution in [0.2, 0.25) is 0 Å². The smallest absolute Gasteiger partial charge is 0.335 e. The van der Waals surface area contributed by atoms with Gasteiger partial charge < -0.3 is 50.1 Å². The minimum Gasteiger partial charge on any atom is -0.508 e. The van der Waals surface area contributed by atoms with Gasteiger partial charge in [0.1, 0.15) is 23.5 Å². The van der Waals surface area contributed by atoms with Crippen LogP contribution in [0.3, 0.4) is 0 Å². The monoisotopic (exact) mass is 1010 g/mol. The number of carboxylic acids is 2. The fraction of sp³-hybridized carbons (Fsp3) is 0.604. The highest BCUT2D eigenvalue weighted by Gasteiger charge is 2.63. The molecule has 0 radical (unpaired) electrons. The Balaban J connectivity index is 0.000000158. The van der Waals surface area contributed by atoms with E-state index in [0.29, 0.717) is 17.8 Å². The molecular formula is C53H73BrN2O12. The molecule has 7 N–H and O–H groups in total. The molecule has 9 rings (SSSR count). The molecule has 5 fully saturated rings. The number of phenols is 1. The molecule has 9 atom stereocenters. The molecule has 4 bridgehead atoms. The summed E-state index contributed by atoms with van der Waals surface area (Å²) in [6, 6.07) is 24.8. The fourth-order valence-electron chi connectivity index (χ4n) is 11.4. The van der Waals surface area contributed by atoms with Crippen LogP contribution in [-0.2, 0) is 36.3 Å². The number of fused-ring (bicyclic) bond motifs is 3. The lowest BCUT2D eigenvalue weighted by Crippen LogP contribution is -2.72. The predicted molar refractivity (Wildman–Crippen MR) is 261 cm³/mol. The van der Waals surface area contributed by atoms with E-state index in [1.54, 1.807) is 0 Å². The zero-order valence-corrected chi connectivity index (χ0v) is 41.2. The van der Waals surface area contributed by atoms with Gasteiger partial charge in [-0.2, -0.15) is 0 Å². The number of aliphatic hydroxyl groups is 4. The maximum absolute atomic E-state index is 12.4. The number of piperidine rings is 2. The lowest BCUT2D eigenvalue weighted by Gasteiger charge is -2.64. The van der Waals surface area contributed by atoms with Crippen molar-refractivity contribution in [3.05, 3.63) is 95.1 Å². The maximum Gasteiger partial charge on any atom is 0.335 e. The minimum absolute atomic E-state index is 0.00367. The molecule has 374 valence electrons. The molecule has 0 spiro atoms. The normalized spacial score (nSPS) is 27.3. The van der Waals surface area contributed by atoms with Crippen molar-refractivity contribution in [2.75, 3.05) is 33.4 Å². The van der Waals surface area contributed by atoms with Gasteiger partial charge in [0.2, 0.25) is 0 Å². The summed E-state index contributed by atoms with van der Waals surface area (Å²) >= 11 is 3.44. The number of hydrogen-bond donors (Lipinski definition) is 7. The number of carboxylic acid groups (broad SMARTS) is 2.